The molecular weight excluding hydrogens is 362 g/mol. The Bertz CT molecular complexity index is 657. The van der Waals surface area contributed by atoms with Crippen molar-refractivity contribution in [2.24, 2.45) is 0 Å². The summed E-state index contributed by atoms with van der Waals surface area (Å²) < 4.78 is 5.94. The Morgan fingerprint density at radius 1 is 1.00 bits per heavy atom. The van der Waals surface area contributed by atoms with Gasteiger partial charge in [-0.25, -0.2) is 0 Å². The number of piperidine rings is 1. The highest BCUT2D eigenvalue weighted by Crippen LogP contribution is 2.27. The lowest BCUT2D eigenvalue weighted by Gasteiger charge is -2.41. The summed E-state index contributed by atoms with van der Waals surface area (Å²) in [6.07, 6.45) is 8.78. The summed E-state index contributed by atoms with van der Waals surface area (Å²) in [6, 6.07) is 8.88. The second kappa shape index (κ2) is 9.94. The number of piperazine rings is 1. The molecule has 3 aliphatic heterocycles. The van der Waals surface area contributed by atoms with Crippen LogP contribution in [-0.2, 0) is 11.3 Å². The maximum absolute atomic E-state index is 12.6. The fourth-order valence-corrected chi connectivity index (χ4v) is 5.08. The highest BCUT2D eigenvalue weighted by atomic mass is 16.5. The number of hydrogen-bond acceptors (Lipinski definition) is 4. The first-order chi connectivity index (χ1) is 14.2. The number of benzene rings is 1. The molecule has 4 rings (SSSR count). The summed E-state index contributed by atoms with van der Waals surface area (Å²) in [5.41, 5.74) is 1.26. The Balaban J connectivity index is 1.18. The smallest absolute Gasteiger partial charge is 0.239 e. The van der Waals surface area contributed by atoms with Crippen LogP contribution in [0, 0.1) is 0 Å². The fraction of sp³-hybridized carbons (Fsp3) is 0.708. The number of carbonyl (C=O) groups is 1. The predicted molar refractivity (Wildman–Crippen MR) is 116 cm³/mol. The lowest BCUT2D eigenvalue weighted by atomic mass is 10.1. The molecule has 1 amide bonds. The molecule has 0 aliphatic carbocycles. The number of hydrogen-bond donors (Lipinski definition) is 0. The van der Waals surface area contributed by atoms with E-state index in [0.717, 1.165) is 51.3 Å². The molecule has 0 unspecified atom stereocenters. The predicted octanol–water partition coefficient (Wildman–Crippen LogP) is 3.53. The highest BCUT2D eigenvalue weighted by molar-refractivity contribution is 5.83. The van der Waals surface area contributed by atoms with E-state index in [0.29, 0.717) is 11.9 Å². The molecule has 3 fully saturated rings. The Kier molecular flexibility index (Phi) is 7.09. The van der Waals surface area contributed by atoms with Crippen molar-refractivity contribution in [3.8, 4) is 5.75 Å². The van der Waals surface area contributed by atoms with E-state index < -0.39 is 0 Å². The van der Waals surface area contributed by atoms with E-state index >= 15 is 0 Å². The minimum atomic E-state index is -0.0137. The zero-order valence-electron chi connectivity index (χ0n) is 18.0. The van der Waals surface area contributed by atoms with Gasteiger partial charge in [0, 0.05) is 25.7 Å². The van der Waals surface area contributed by atoms with Crippen molar-refractivity contribution >= 4 is 5.91 Å². The van der Waals surface area contributed by atoms with E-state index in [1.165, 1.54) is 50.9 Å². The number of fused-ring (bicyclic) bond motifs is 1. The lowest BCUT2D eigenvalue weighted by Crippen LogP contribution is -2.58. The summed E-state index contributed by atoms with van der Waals surface area (Å²) in [7, 11) is 0. The average molecular weight is 400 g/mol. The Labute approximate surface area is 176 Å². The van der Waals surface area contributed by atoms with Gasteiger partial charge in [-0.1, -0.05) is 18.6 Å². The molecule has 0 spiro atoms. The van der Waals surface area contributed by atoms with Gasteiger partial charge in [0.1, 0.15) is 5.75 Å². The molecule has 5 nitrogen and oxygen atoms in total. The normalized spacial score (nSPS) is 26.0. The first-order valence-corrected chi connectivity index (χ1v) is 11.7. The van der Waals surface area contributed by atoms with E-state index in [4.69, 9.17) is 4.74 Å². The molecular formula is C24H37N3O2. The first kappa shape index (κ1) is 20.7. The number of unbranched alkanes of at least 4 members (excludes halogenated alkanes) is 1. The van der Waals surface area contributed by atoms with Crippen molar-refractivity contribution in [1.29, 1.82) is 0 Å². The Morgan fingerprint density at radius 2 is 1.79 bits per heavy atom. The summed E-state index contributed by atoms with van der Waals surface area (Å²) in [6.45, 7) is 9.42. The number of carbonyl (C=O) groups excluding carboxylic acids is 1. The van der Waals surface area contributed by atoms with Crippen molar-refractivity contribution in [2.45, 2.75) is 70.5 Å². The van der Waals surface area contributed by atoms with Crippen molar-refractivity contribution in [2.75, 3.05) is 39.3 Å². The first-order valence-electron chi connectivity index (χ1n) is 11.7. The molecule has 3 heterocycles. The van der Waals surface area contributed by atoms with Gasteiger partial charge in [-0.15, -0.1) is 0 Å². The van der Waals surface area contributed by atoms with E-state index in [1.54, 1.807) is 0 Å². The van der Waals surface area contributed by atoms with Crippen LogP contribution in [0.25, 0.3) is 0 Å². The average Bonchev–Trinajstić information content (AvgIpc) is 3.22. The summed E-state index contributed by atoms with van der Waals surface area (Å²) >= 11 is 0. The van der Waals surface area contributed by atoms with Gasteiger partial charge >= 0.3 is 0 Å². The molecule has 0 radical (unpaired) electrons. The van der Waals surface area contributed by atoms with Gasteiger partial charge in [-0.2, -0.15) is 0 Å². The van der Waals surface area contributed by atoms with Crippen LogP contribution in [0.3, 0.4) is 0 Å². The van der Waals surface area contributed by atoms with Crippen molar-refractivity contribution in [3.05, 3.63) is 29.8 Å². The standard InChI is InChI=1S/C24H37N3O2/c1-20-24(28)27-16-7-8-22(27)19-26(20)18-21-9-11-23(12-10-21)29-17-6-5-15-25-13-3-2-4-14-25/h9-12,20,22H,2-8,13-19H2,1H3/t20-,22-/m0/s1. The molecule has 0 saturated carbocycles. The summed E-state index contributed by atoms with van der Waals surface area (Å²) in [5.74, 6) is 1.26. The summed E-state index contributed by atoms with van der Waals surface area (Å²) in [5, 5.41) is 0. The van der Waals surface area contributed by atoms with Crippen LogP contribution < -0.4 is 4.74 Å². The molecule has 2 atom stereocenters. The zero-order chi connectivity index (χ0) is 20.1. The number of ether oxygens (including phenoxy) is 1. The second-order valence-corrected chi connectivity index (χ2v) is 9.03. The lowest BCUT2D eigenvalue weighted by molar-refractivity contribution is -0.143. The van der Waals surface area contributed by atoms with Crippen LogP contribution in [0.2, 0.25) is 0 Å². The van der Waals surface area contributed by atoms with Crippen LogP contribution in [-0.4, -0.2) is 72.0 Å². The van der Waals surface area contributed by atoms with Crippen LogP contribution >= 0.6 is 0 Å². The van der Waals surface area contributed by atoms with E-state index in [-0.39, 0.29) is 6.04 Å². The quantitative estimate of drug-likeness (QED) is 0.627. The van der Waals surface area contributed by atoms with Gasteiger partial charge in [-0.3, -0.25) is 9.69 Å². The van der Waals surface area contributed by atoms with E-state index in [9.17, 15) is 4.79 Å². The molecule has 0 N–H and O–H groups in total. The SMILES string of the molecule is C[C@H]1C(=O)N2CCC[C@H]2CN1Cc1ccc(OCCCCN2CCCCC2)cc1. The third-order valence-corrected chi connectivity index (χ3v) is 6.91. The third-order valence-electron chi connectivity index (χ3n) is 6.91. The van der Waals surface area contributed by atoms with Crippen molar-refractivity contribution in [1.82, 2.24) is 14.7 Å². The topological polar surface area (TPSA) is 36.0 Å². The Hall–Kier alpha value is -1.59. The molecule has 160 valence electrons. The van der Waals surface area contributed by atoms with Crippen LogP contribution in [0.4, 0.5) is 0 Å². The minimum absolute atomic E-state index is 0.0137. The number of nitrogens with zero attached hydrogens (tertiary/aromatic N) is 3. The second-order valence-electron chi connectivity index (χ2n) is 9.03. The zero-order valence-corrected chi connectivity index (χ0v) is 18.0. The van der Waals surface area contributed by atoms with Gasteiger partial charge < -0.3 is 14.5 Å². The van der Waals surface area contributed by atoms with Crippen molar-refractivity contribution in [3.63, 3.8) is 0 Å². The summed E-state index contributed by atoms with van der Waals surface area (Å²) in [4.78, 5) is 19.6. The van der Waals surface area contributed by atoms with Gasteiger partial charge in [0.05, 0.1) is 12.6 Å². The molecule has 0 aromatic heterocycles. The number of amides is 1. The van der Waals surface area contributed by atoms with Gasteiger partial charge in [0.2, 0.25) is 5.91 Å². The van der Waals surface area contributed by atoms with E-state index in [1.807, 2.05) is 0 Å². The molecule has 3 aliphatic rings. The largest absolute Gasteiger partial charge is 0.494 e. The fourth-order valence-electron chi connectivity index (χ4n) is 5.08. The van der Waals surface area contributed by atoms with Crippen molar-refractivity contribution < 1.29 is 9.53 Å². The van der Waals surface area contributed by atoms with Gasteiger partial charge in [0.25, 0.3) is 0 Å². The maximum atomic E-state index is 12.6. The number of likely N-dealkylation sites (tertiary alicyclic amines) is 1. The molecule has 29 heavy (non-hydrogen) atoms. The maximum Gasteiger partial charge on any atom is 0.239 e. The van der Waals surface area contributed by atoms with Gasteiger partial charge in [-0.05, 0) is 82.8 Å². The molecule has 1 aromatic rings. The Morgan fingerprint density at radius 3 is 2.59 bits per heavy atom. The molecule has 0 bridgehead atoms. The van der Waals surface area contributed by atoms with Crippen LogP contribution in [0.5, 0.6) is 5.75 Å². The van der Waals surface area contributed by atoms with Crippen LogP contribution in [0.15, 0.2) is 24.3 Å². The minimum Gasteiger partial charge on any atom is -0.494 e. The van der Waals surface area contributed by atoms with E-state index in [2.05, 4.69) is 45.9 Å². The molecule has 5 heteroatoms. The number of rotatable bonds is 8. The molecule has 3 saturated heterocycles. The third kappa shape index (κ3) is 5.32. The monoisotopic (exact) mass is 399 g/mol. The molecule has 1 aromatic carbocycles. The highest BCUT2D eigenvalue weighted by Gasteiger charge is 2.39. The van der Waals surface area contributed by atoms with Gasteiger partial charge in [0.15, 0.2) is 0 Å². The van der Waals surface area contributed by atoms with Crippen LogP contribution in [0.1, 0.15) is 57.4 Å².